The first kappa shape index (κ1) is 12.7. The first-order valence-electron chi connectivity index (χ1n) is 6.46. The van der Waals surface area contributed by atoms with Gasteiger partial charge in [-0.15, -0.1) is 0 Å². The molecule has 2 unspecified atom stereocenters. The average molecular weight is 212 g/mol. The third-order valence-corrected chi connectivity index (χ3v) is 3.42. The van der Waals surface area contributed by atoms with Crippen molar-refractivity contribution in [2.45, 2.75) is 70.8 Å². The van der Waals surface area contributed by atoms with E-state index >= 15 is 0 Å². The summed E-state index contributed by atoms with van der Waals surface area (Å²) in [4.78, 5) is 11.4. The summed E-state index contributed by atoms with van der Waals surface area (Å²) in [6.07, 6.45) is 9.13. The van der Waals surface area contributed by atoms with Crippen molar-refractivity contribution in [3.05, 3.63) is 0 Å². The molecule has 0 saturated heterocycles. The molecule has 1 aliphatic carbocycles. The molecule has 0 spiro atoms. The molecule has 1 rings (SSSR count). The van der Waals surface area contributed by atoms with E-state index < -0.39 is 0 Å². The number of hydrogen-bond acceptors (Lipinski definition) is 2. The van der Waals surface area contributed by atoms with Crippen LogP contribution in [0.4, 0.5) is 0 Å². The van der Waals surface area contributed by atoms with Crippen molar-refractivity contribution in [3.8, 4) is 0 Å². The van der Waals surface area contributed by atoms with Crippen LogP contribution in [0.5, 0.6) is 0 Å². The number of carbonyl (C=O) groups is 1. The Balaban J connectivity index is 2.07. The normalized spacial score (nSPS) is 23.3. The molecule has 2 nitrogen and oxygen atoms in total. The summed E-state index contributed by atoms with van der Waals surface area (Å²) < 4.78 is 0. The van der Waals surface area contributed by atoms with E-state index in [1.165, 1.54) is 25.7 Å². The summed E-state index contributed by atoms with van der Waals surface area (Å²) in [5.41, 5.74) is 0. The number of Topliss-reactive ketones (excluding diaryl/α,β-unsaturated/α-hetero) is 1. The first-order valence-corrected chi connectivity index (χ1v) is 6.46. The number of aliphatic hydroxyl groups excluding tert-OH is 1. The van der Waals surface area contributed by atoms with E-state index in [1.54, 1.807) is 0 Å². The molecule has 0 aromatic carbocycles. The molecule has 0 aromatic rings. The molecule has 0 bridgehead atoms. The van der Waals surface area contributed by atoms with Crippen LogP contribution < -0.4 is 0 Å². The summed E-state index contributed by atoms with van der Waals surface area (Å²) in [6.45, 7) is 2.20. The van der Waals surface area contributed by atoms with E-state index in [2.05, 4.69) is 6.92 Å². The van der Waals surface area contributed by atoms with Gasteiger partial charge in [-0.05, 0) is 19.3 Å². The van der Waals surface area contributed by atoms with Gasteiger partial charge in [0, 0.05) is 12.3 Å². The van der Waals surface area contributed by atoms with Gasteiger partial charge in [0.15, 0.2) is 0 Å². The second kappa shape index (κ2) is 7.00. The highest BCUT2D eigenvalue weighted by molar-refractivity contribution is 5.83. The van der Waals surface area contributed by atoms with Gasteiger partial charge in [0.25, 0.3) is 0 Å². The van der Waals surface area contributed by atoms with E-state index in [0.717, 1.165) is 25.7 Å². The fourth-order valence-electron chi connectivity index (χ4n) is 2.41. The highest BCUT2D eigenvalue weighted by Gasteiger charge is 2.30. The van der Waals surface area contributed by atoms with Crippen LogP contribution in [0.15, 0.2) is 0 Å². The van der Waals surface area contributed by atoms with Crippen molar-refractivity contribution in [2.24, 2.45) is 5.92 Å². The Bertz CT molecular complexity index is 189. The second-order valence-electron chi connectivity index (χ2n) is 4.74. The molecule has 2 heteroatoms. The van der Waals surface area contributed by atoms with E-state index in [9.17, 15) is 9.90 Å². The lowest BCUT2D eigenvalue weighted by atomic mass is 9.95. The SMILES string of the molecule is CCCCCCCC(O)C1CCCC1=O. The lowest BCUT2D eigenvalue weighted by molar-refractivity contribution is -0.123. The summed E-state index contributed by atoms with van der Waals surface area (Å²) >= 11 is 0. The smallest absolute Gasteiger partial charge is 0.138 e. The Morgan fingerprint density at radius 1 is 1.33 bits per heavy atom. The van der Waals surface area contributed by atoms with Crippen LogP contribution in [0.25, 0.3) is 0 Å². The molecule has 1 aliphatic rings. The maximum Gasteiger partial charge on any atom is 0.138 e. The number of ketones is 1. The van der Waals surface area contributed by atoms with E-state index in [0.29, 0.717) is 6.42 Å². The molecule has 0 heterocycles. The van der Waals surface area contributed by atoms with Crippen molar-refractivity contribution in [1.82, 2.24) is 0 Å². The molecule has 0 radical (unpaired) electrons. The Morgan fingerprint density at radius 3 is 2.67 bits per heavy atom. The van der Waals surface area contributed by atoms with E-state index in [-0.39, 0.29) is 17.8 Å². The molecule has 1 saturated carbocycles. The van der Waals surface area contributed by atoms with Gasteiger partial charge in [-0.2, -0.15) is 0 Å². The second-order valence-corrected chi connectivity index (χ2v) is 4.74. The molecular weight excluding hydrogens is 188 g/mol. The van der Waals surface area contributed by atoms with E-state index in [1.807, 2.05) is 0 Å². The van der Waals surface area contributed by atoms with Crippen LogP contribution in [0, 0.1) is 5.92 Å². The van der Waals surface area contributed by atoms with Gasteiger partial charge < -0.3 is 5.11 Å². The molecule has 2 atom stereocenters. The minimum Gasteiger partial charge on any atom is -0.392 e. The number of rotatable bonds is 7. The fourth-order valence-corrected chi connectivity index (χ4v) is 2.41. The van der Waals surface area contributed by atoms with Crippen molar-refractivity contribution in [2.75, 3.05) is 0 Å². The van der Waals surface area contributed by atoms with Gasteiger partial charge in [0.05, 0.1) is 6.10 Å². The number of hydrogen-bond donors (Lipinski definition) is 1. The lowest BCUT2D eigenvalue weighted by Crippen LogP contribution is -2.23. The van der Waals surface area contributed by atoms with Crippen molar-refractivity contribution >= 4 is 5.78 Å². The van der Waals surface area contributed by atoms with Crippen LogP contribution in [-0.4, -0.2) is 17.0 Å². The number of unbranched alkanes of at least 4 members (excludes halogenated alkanes) is 4. The van der Waals surface area contributed by atoms with Gasteiger partial charge in [0.2, 0.25) is 0 Å². The first-order chi connectivity index (χ1) is 7.25. The van der Waals surface area contributed by atoms with Crippen LogP contribution in [0.2, 0.25) is 0 Å². The summed E-state index contributed by atoms with van der Waals surface area (Å²) in [5, 5.41) is 9.86. The molecule has 1 N–H and O–H groups in total. The van der Waals surface area contributed by atoms with Crippen molar-refractivity contribution in [3.63, 3.8) is 0 Å². The Morgan fingerprint density at radius 2 is 2.07 bits per heavy atom. The van der Waals surface area contributed by atoms with Crippen LogP contribution >= 0.6 is 0 Å². The maximum atomic E-state index is 11.4. The monoisotopic (exact) mass is 212 g/mol. The largest absolute Gasteiger partial charge is 0.392 e. The van der Waals surface area contributed by atoms with Crippen molar-refractivity contribution in [1.29, 1.82) is 0 Å². The third-order valence-electron chi connectivity index (χ3n) is 3.42. The minimum atomic E-state index is -0.360. The quantitative estimate of drug-likeness (QED) is 0.658. The predicted octanol–water partition coefficient (Wildman–Crippen LogP) is 3.08. The zero-order valence-corrected chi connectivity index (χ0v) is 9.87. The number of aliphatic hydroxyl groups is 1. The van der Waals surface area contributed by atoms with Gasteiger partial charge in [-0.3, -0.25) is 4.79 Å². The zero-order chi connectivity index (χ0) is 11.1. The Kier molecular flexibility index (Phi) is 5.92. The van der Waals surface area contributed by atoms with Crippen LogP contribution in [0.1, 0.15) is 64.7 Å². The fraction of sp³-hybridized carbons (Fsp3) is 0.923. The molecule has 0 amide bonds. The molecule has 1 fully saturated rings. The molecule has 0 aliphatic heterocycles. The van der Waals surface area contributed by atoms with Gasteiger partial charge in [0.1, 0.15) is 5.78 Å². The molecule has 0 aromatic heterocycles. The molecule has 88 valence electrons. The summed E-state index contributed by atoms with van der Waals surface area (Å²) in [6, 6.07) is 0. The summed E-state index contributed by atoms with van der Waals surface area (Å²) in [7, 11) is 0. The highest BCUT2D eigenvalue weighted by Crippen LogP contribution is 2.26. The maximum absolute atomic E-state index is 11.4. The Hall–Kier alpha value is -0.370. The van der Waals surface area contributed by atoms with Crippen LogP contribution in [-0.2, 0) is 4.79 Å². The number of carbonyl (C=O) groups excluding carboxylic acids is 1. The molecule has 15 heavy (non-hydrogen) atoms. The topological polar surface area (TPSA) is 37.3 Å². The average Bonchev–Trinajstić information content (AvgIpc) is 2.64. The zero-order valence-electron chi connectivity index (χ0n) is 9.87. The van der Waals surface area contributed by atoms with E-state index in [4.69, 9.17) is 0 Å². The highest BCUT2D eigenvalue weighted by atomic mass is 16.3. The van der Waals surface area contributed by atoms with Gasteiger partial charge in [-0.1, -0.05) is 39.0 Å². The van der Waals surface area contributed by atoms with Gasteiger partial charge in [-0.25, -0.2) is 0 Å². The van der Waals surface area contributed by atoms with Gasteiger partial charge >= 0.3 is 0 Å². The van der Waals surface area contributed by atoms with Crippen molar-refractivity contribution < 1.29 is 9.90 Å². The minimum absolute atomic E-state index is 0.0313. The summed E-state index contributed by atoms with van der Waals surface area (Å²) in [5.74, 6) is 0.257. The van der Waals surface area contributed by atoms with Crippen LogP contribution in [0.3, 0.4) is 0 Å². The predicted molar refractivity (Wildman–Crippen MR) is 61.7 cm³/mol. The third kappa shape index (κ3) is 4.33. The molecular formula is C13H24O2. The Labute approximate surface area is 93.1 Å². The lowest BCUT2D eigenvalue weighted by Gasteiger charge is -2.16. The standard InChI is InChI=1S/C13H24O2/c1-2-3-4-5-6-9-12(14)11-8-7-10-13(11)15/h11-12,14H,2-10H2,1H3.